The van der Waals surface area contributed by atoms with E-state index in [1.165, 1.54) is 0 Å². The molecule has 1 aromatic heterocycles. The smallest absolute Gasteiger partial charge is 0.303 e. The van der Waals surface area contributed by atoms with Crippen molar-refractivity contribution < 1.29 is 23.9 Å². The Balaban J connectivity index is 2.38. The number of carboxylic acids is 1. The number of aliphatic carboxylic acids is 1. The molecule has 19 heavy (non-hydrogen) atoms. The molecule has 0 aliphatic carbocycles. The number of hydrogen-bond donors (Lipinski definition) is 2. The van der Waals surface area contributed by atoms with Crippen LogP contribution in [-0.4, -0.2) is 43.0 Å². The highest BCUT2D eigenvalue weighted by molar-refractivity contribution is 5.66. The average molecular weight is 271 g/mol. The Bertz CT molecular complexity index is 378. The lowest BCUT2D eigenvalue weighted by atomic mass is 10.2. The van der Waals surface area contributed by atoms with Gasteiger partial charge in [-0.2, -0.15) is 0 Å². The number of imidazole rings is 1. The maximum atomic E-state index is 10.6. The molecule has 6 nitrogen and oxygen atoms in total. The largest absolute Gasteiger partial charge is 0.481 e. The van der Waals surface area contributed by atoms with Crippen LogP contribution >= 0.6 is 0 Å². The van der Waals surface area contributed by atoms with Gasteiger partial charge >= 0.3 is 5.97 Å². The summed E-state index contributed by atoms with van der Waals surface area (Å²) >= 11 is 0. The molecule has 6 heteroatoms. The van der Waals surface area contributed by atoms with Gasteiger partial charge in [-0.25, -0.2) is 9.55 Å². The van der Waals surface area contributed by atoms with Gasteiger partial charge in [0.05, 0.1) is 32.3 Å². The first kappa shape index (κ1) is 15.7. The molecule has 0 spiro atoms. The fourth-order valence-electron chi connectivity index (χ4n) is 1.88. The summed E-state index contributed by atoms with van der Waals surface area (Å²) < 4.78 is 12.4. The van der Waals surface area contributed by atoms with E-state index in [0.717, 1.165) is 12.2 Å². The van der Waals surface area contributed by atoms with E-state index >= 15 is 0 Å². The predicted octanol–water partition coefficient (Wildman–Crippen LogP) is 0.933. The number of aromatic amines is 1. The molecule has 0 bridgehead atoms. The summed E-state index contributed by atoms with van der Waals surface area (Å²) in [6.45, 7) is 3.83. The summed E-state index contributed by atoms with van der Waals surface area (Å²) in [5.74, 6) is 0.294. The van der Waals surface area contributed by atoms with Gasteiger partial charge in [-0.3, -0.25) is 4.79 Å². The number of ether oxygens (including phenoxy) is 2. The Labute approximate surface area is 113 Å². The second-order valence-electron chi connectivity index (χ2n) is 4.45. The van der Waals surface area contributed by atoms with Crippen LogP contribution in [0, 0.1) is 0 Å². The van der Waals surface area contributed by atoms with Crippen molar-refractivity contribution in [3.8, 4) is 0 Å². The van der Waals surface area contributed by atoms with Crippen LogP contribution in [0.3, 0.4) is 0 Å². The highest BCUT2D eigenvalue weighted by Crippen LogP contribution is 2.06. The molecule has 1 unspecified atom stereocenters. The number of aromatic nitrogens is 2. The lowest BCUT2D eigenvalue weighted by Crippen LogP contribution is -2.40. The minimum atomic E-state index is -0.757. The second kappa shape index (κ2) is 8.66. The third-order valence-corrected chi connectivity index (χ3v) is 2.96. The van der Waals surface area contributed by atoms with Crippen molar-refractivity contribution in [3.63, 3.8) is 0 Å². The van der Waals surface area contributed by atoms with Crippen LogP contribution in [0.2, 0.25) is 0 Å². The van der Waals surface area contributed by atoms with Gasteiger partial charge in [0.25, 0.3) is 5.82 Å². The van der Waals surface area contributed by atoms with Gasteiger partial charge < -0.3 is 14.6 Å². The third kappa shape index (κ3) is 5.85. The van der Waals surface area contributed by atoms with Crippen molar-refractivity contribution in [1.29, 1.82) is 0 Å². The van der Waals surface area contributed by atoms with Crippen molar-refractivity contribution in [2.24, 2.45) is 0 Å². The number of H-pyrrole nitrogens is 1. The number of hydrogen-bond acceptors (Lipinski definition) is 3. The van der Waals surface area contributed by atoms with Crippen molar-refractivity contribution in [2.45, 2.75) is 32.2 Å². The molecule has 0 saturated carbocycles. The Hall–Kier alpha value is -1.40. The van der Waals surface area contributed by atoms with E-state index in [4.69, 9.17) is 14.6 Å². The van der Waals surface area contributed by atoms with Gasteiger partial charge in [0.1, 0.15) is 12.4 Å². The molecule has 1 heterocycles. The maximum Gasteiger partial charge on any atom is 0.303 e. The van der Waals surface area contributed by atoms with Gasteiger partial charge in [0.2, 0.25) is 0 Å². The lowest BCUT2D eigenvalue weighted by Gasteiger charge is -2.09. The van der Waals surface area contributed by atoms with Crippen LogP contribution in [-0.2, 0) is 20.7 Å². The van der Waals surface area contributed by atoms with Gasteiger partial charge in [-0.1, -0.05) is 0 Å². The molecule has 1 rings (SSSR count). The molecule has 0 aliphatic heterocycles. The zero-order valence-electron chi connectivity index (χ0n) is 11.6. The van der Waals surface area contributed by atoms with Crippen LogP contribution in [0.5, 0.6) is 0 Å². The van der Waals surface area contributed by atoms with Crippen molar-refractivity contribution in [2.75, 3.05) is 26.9 Å². The van der Waals surface area contributed by atoms with Crippen LogP contribution in [0.1, 0.15) is 31.6 Å². The Morgan fingerprint density at radius 1 is 1.47 bits per heavy atom. The molecule has 0 saturated heterocycles. The highest BCUT2D eigenvalue weighted by atomic mass is 16.5. The molecule has 1 atom stereocenters. The Kier molecular flexibility index (Phi) is 7.14. The number of rotatable bonds is 10. The molecular weight excluding hydrogens is 248 g/mol. The SMILES string of the molecule is COCCOCCc1[nH]cc[n+]1C(C)CCC(=O)O. The fourth-order valence-corrected chi connectivity index (χ4v) is 1.88. The minimum Gasteiger partial charge on any atom is -0.481 e. The number of carbonyl (C=O) groups is 1. The van der Waals surface area contributed by atoms with E-state index in [2.05, 4.69) is 9.55 Å². The van der Waals surface area contributed by atoms with E-state index in [0.29, 0.717) is 26.2 Å². The summed E-state index contributed by atoms with van der Waals surface area (Å²) in [7, 11) is 1.65. The summed E-state index contributed by atoms with van der Waals surface area (Å²) in [6, 6.07) is 0.163. The number of nitrogens with zero attached hydrogens (tertiary/aromatic N) is 1. The van der Waals surface area contributed by atoms with E-state index in [-0.39, 0.29) is 12.5 Å². The standard InChI is InChI=1S/C13H22N2O4/c1-11(3-4-13(16)17)15-7-6-14-12(15)5-8-19-10-9-18-2/h6-7,11H,3-5,8-10H2,1-2H3,(H,16,17)/p+1. The van der Waals surface area contributed by atoms with Crippen LogP contribution in [0.15, 0.2) is 12.4 Å². The van der Waals surface area contributed by atoms with Crippen LogP contribution < -0.4 is 4.57 Å². The summed E-state index contributed by atoms with van der Waals surface area (Å²) in [6.07, 6.45) is 5.38. The van der Waals surface area contributed by atoms with E-state index in [1.54, 1.807) is 7.11 Å². The number of methoxy groups -OCH3 is 1. The van der Waals surface area contributed by atoms with Gasteiger partial charge in [0.15, 0.2) is 0 Å². The fraction of sp³-hybridized carbons (Fsp3) is 0.692. The highest BCUT2D eigenvalue weighted by Gasteiger charge is 2.17. The van der Waals surface area contributed by atoms with E-state index in [1.807, 2.05) is 19.3 Å². The van der Waals surface area contributed by atoms with E-state index in [9.17, 15) is 4.79 Å². The van der Waals surface area contributed by atoms with Crippen LogP contribution in [0.25, 0.3) is 0 Å². The van der Waals surface area contributed by atoms with Gasteiger partial charge in [-0.15, -0.1) is 0 Å². The first-order valence-corrected chi connectivity index (χ1v) is 6.51. The quantitative estimate of drug-likeness (QED) is 0.490. The zero-order chi connectivity index (χ0) is 14.1. The third-order valence-electron chi connectivity index (χ3n) is 2.96. The Morgan fingerprint density at radius 3 is 2.95 bits per heavy atom. The summed E-state index contributed by atoms with van der Waals surface area (Å²) in [5.41, 5.74) is 0. The molecule has 0 fully saturated rings. The summed E-state index contributed by atoms with van der Waals surface area (Å²) in [5, 5.41) is 8.70. The van der Waals surface area contributed by atoms with Crippen molar-refractivity contribution >= 4 is 5.97 Å². The van der Waals surface area contributed by atoms with Crippen LogP contribution in [0.4, 0.5) is 0 Å². The normalized spacial score (nSPS) is 12.5. The summed E-state index contributed by atoms with van der Waals surface area (Å²) in [4.78, 5) is 13.8. The average Bonchev–Trinajstić information content (AvgIpc) is 2.84. The molecule has 1 aromatic rings. The number of carboxylic acid groups (broad SMARTS) is 1. The second-order valence-corrected chi connectivity index (χ2v) is 4.45. The van der Waals surface area contributed by atoms with Crippen molar-refractivity contribution in [3.05, 3.63) is 18.2 Å². The molecule has 0 amide bonds. The predicted molar refractivity (Wildman–Crippen MR) is 69.0 cm³/mol. The van der Waals surface area contributed by atoms with E-state index < -0.39 is 5.97 Å². The first-order valence-electron chi connectivity index (χ1n) is 6.51. The number of nitrogens with one attached hydrogen (secondary N) is 1. The molecule has 0 aromatic carbocycles. The zero-order valence-corrected chi connectivity index (χ0v) is 11.6. The van der Waals surface area contributed by atoms with Gasteiger partial charge in [-0.05, 0) is 13.3 Å². The first-order chi connectivity index (χ1) is 9.15. The minimum absolute atomic E-state index is 0.163. The lowest BCUT2D eigenvalue weighted by molar-refractivity contribution is -0.725. The molecular formula is C13H23N2O4+. The Morgan fingerprint density at radius 2 is 2.26 bits per heavy atom. The van der Waals surface area contributed by atoms with Crippen molar-refractivity contribution in [1.82, 2.24) is 4.98 Å². The topological polar surface area (TPSA) is 75.4 Å². The molecule has 2 N–H and O–H groups in total. The molecule has 0 radical (unpaired) electrons. The molecule has 0 aliphatic rings. The monoisotopic (exact) mass is 271 g/mol. The maximum absolute atomic E-state index is 10.6. The molecule has 108 valence electrons. The van der Waals surface area contributed by atoms with Gasteiger partial charge in [0, 0.05) is 13.5 Å².